The zero-order chi connectivity index (χ0) is 13.1. The van der Waals surface area contributed by atoms with Gasteiger partial charge in [-0.15, -0.1) is 0 Å². The Labute approximate surface area is 119 Å². The van der Waals surface area contributed by atoms with Gasteiger partial charge in [-0.25, -0.2) is 4.39 Å². The molecule has 0 aromatic heterocycles. The molecule has 0 aliphatic heterocycles. The molecule has 0 heterocycles. The Morgan fingerprint density at radius 1 is 1.39 bits per heavy atom. The highest BCUT2D eigenvalue weighted by Crippen LogP contribution is 2.39. The molecule has 0 fully saturated rings. The van der Waals surface area contributed by atoms with Gasteiger partial charge in [0.2, 0.25) is 0 Å². The number of hydrogen-bond acceptors (Lipinski definition) is 1. The highest BCUT2D eigenvalue weighted by Gasteiger charge is 2.17. The van der Waals surface area contributed by atoms with Crippen molar-refractivity contribution in [2.45, 2.75) is 6.42 Å². The van der Waals surface area contributed by atoms with E-state index in [1.807, 2.05) is 12.2 Å². The lowest BCUT2D eigenvalue weighted by atomic mass is 10.0. The number of benzene rings is 1. The van der Waals surface area contributed by atoms with Crippen molar-refractivity contribution >= 4 is 33.1 Å². The molecular formula is C14H11BrClFO. The van der Waals surface area contributed by atoms with E-state index in [1.165, 1.54) is 6.08 Å². The van der Waals surface area contributed by atoms with Crippen LogP contribution in [0.5, 0.6) is 5.75 Å². The number of ether oxygens (including phenoxy) is 1. The molecule has 2 rings (SSSR count). The van der Waals surface area contributed by atoms with Gasteiger partial charge in [0.05, 0.1) is 7.11 Å². The summed E-state index contributed by atoms with van der Waals surface area (Å²) in [5.74, 6) is 0.303. The molecule has 0 N–H and O–H groups in total. The van der Waals surface area contributed by atoms with E-state index in [-0.39, 0.29) is 5.83 Å². The van der Waals surface area contributed by atoms with Gasteiger partial charge in [0.1, 0.15) is 11.6 Å². The lowest BCUT2D eigenvalue weighted by Gasteiger charge is -2.12. The third-order valence-corrected chi connectivity index (χ3v) is 3.50. The largest absolute Gasteiger partial charge is 0.496 e. The number of allylic oxidation sites excluding steroid dienone is 6. The molecule has 0 radical (unpaired) electrons. The molecule has 18 heavy (non-hydrogen) atoms. The predicted octanol–water partition coefficient (Wildman–Crippen LogP) is 5.27. The van der Waals surface area contributed by atoms with Crippen LogP contribution in [0.15, 0.2) is 46.7 Å². The molecule has 0 unspecified atom stereocenters. The highest BCUT2D eigenvalue weighted by molar-refractivity contribution is 9.12. The summed E-state index contributed by atoms with van der Waals surface area (Å²) < 4.78 is 20.1. The lowest BCUT2D eigenvalue weighted by molar-refractivity contribution is 0.413. The second kappa shape index (κ2) is 5.72. The van der Waals surface area contributed by atoms with Crippen molar-refractivity contribution in [3.63, 3.8) is 0 Å². The maximum Gasteiger partial charge on any atom is 0.128 e. The zero-order valence-electron chi connectivity index (χ0n) is 9.71. The number of rotatable bonds is 2. The van der Waals surface area contributed by atoms with Gasteiger partial charge in [0.15, 0.2) is 0 Å². The fraction of sp³-hybridized carbons (Fsp3) is 0.143. The molecule has 1 aromatic rings. The van der Waals surface area contributed by atoms with Gasteiger partial charge in [0, 0.05) is 20.6 Å². The van der Waals surface area contributed by atoms with E-state index in [0.29, 0.717) is 32.8 Å². The minimum atomic E-state index is -0.285. The van der Waals surface area contributed by atoms with Crippen molar-refractivity contribution in [3.05, 3.63) is 57.3 Å². The summed E-state index contributed by atoms with van der Waals surface area (Å²) >= 11 is 9.36. The van der Waals surface area contributed by atoms with Crippen LogP contribution in [0.2, 0.25) is 5.02 Å². The van der Waals surface area contributed by atoms with Crippen LogP contribution in [0.4, 0.5) is 4.39 Å². The summed E-state index contributed by atoms with van der Waals surface area (Å²) in [5.41, 5.74) is 1.10. The monoisotopic (exact) mass is 328 g/mol. The van der Waals surface area contributed by atoms with Gasteiger partial charge in [-0.05, 0) is 30.7 Å². The van der Waals surface area contributed by atoms with E-state index >= 15 is 0 Å². The third-order valence-electron chi connectivity index (χ3n) is 2.61. The fourth-order valence-corrected chi connectivity index (χ4v) is 2.54. The first kappa shape index (κ1) is 13.4. The van der Waals surface area contributed by atoms with Gasteiger partial charge in [-0.1, -0.05) is 39.7 Å². The van der Waals surface area contributed by atoms with Crippen LogP contribution in [0.25, 0.3) is 5.57 Å². The second-order valence-electron chi connectivity index (χ2n) is 3.76. The quantitative estimate of drug-likeness (QED) is 0.718. The summed E-state index contributed by atoms with van der Waals surface area (Å²) in [6.07, 6.45) is 5.81. The average molecular weight is 330 g/mol. The number of hydrogen-bond donors (Lipinski definition) is 0. The molecule has 1 aromatic carbocycles. The fourth-order valence-electron chi connectivity index (χ4n) is 1.78. The molecule has 0 spiro atoms. The van der Waals surface area contributed by atoms with Crippen LogP contribution in [0.1, 0.15) is 12.0 Å². The molecule has 1 nitrogen and oxygen atoms in total. The van der Waals surface area contributed by atoms with Gasteiger partial charge in [-0.3, -0.25) is 0 Å². The predicted molar refractivity (Wildman–Crippen MR) is 76.8 cm³/mol. The standard InChI is InChI=1S/C14H11BrClFO/c1-18-13-7-6-9(16)8-10(13)14-11(15)4-2-3-5-12(14)17/h2,4-8H,3H2,1H3. The number of halogens is 3. The third kappa shape index (κ3) is 2.68. The zero-order valence-corrected chi connectivity index (χ0v) is 12.1. The molecule has 0 amide bonds. The molecule has 0 atom stereocenters. The van der Waals surface area contributed by atoms with E-state index in [1.54, 1.807) is 25.3 Å². The first-order valence-electron chi connectivity index (χ1n) is 5.39. The van der Waals surface area contributed by atoms with Gasteiger partial charge in [-0.2, -0.15) is 0 Å². The Morgan fingerprint density at radius 2 is 2.17 bits per heavy atom. The molecule has 4 heteroatoms. The van der Waals surface area contributed by atoms with Crippen molar-refractivity contribution in [2.75, 3.05) is 7.11 Å². The van der Waals surface area contributed by atoms with Crippen LogP contribution < -0.4 is 4.74 Å². The SMILES string of the molecule is COc1ccc(Cl)cc1C1=C(Br)C=CCC=C1F. The Morgan fingerprint density at radius 3 is 2.89 bits per heavy atom. The van der Waals surface area contributed by atoms with Gasteiger partial charge < -0.3 is 4.74 Å². The molecule has 94 valence electrons. The first-order valence-corrected chi connectivity index (χ1v) is 6.57. The summed E-state index contributed by atoms with van der Waals surface area (Å²) in [4.78, 5) is 0. The van der Waals surface area contributed by atoms with E-state index in [9.17, 15) is 4.39 Å². The second-order valence-corrected chi connectivity index (χ2v) is 5.05. The maximum absolute atomic E-state index is 14.1. The molecule has 0 bridgehead atoms. The van der Waals surface area contributed by atoms with E-state index in [4.69, 9.17) is 16.3 Å². The van der Waals surface area contributed by atoms with Crippen LogP contribution in [0, 0.1) is 0 Å². The topological polar surface area (TPSA) is 9.23 Å². The Kier molecular flexibility index (Phi) is 4.25. The highest BCUT2D eigenvalue weighted by atomic mass is 79.9. The lowest BCUT2D eigenvalue weighted by Crippen LogP contribution is -1.93. The normalized spacial score (nSPS) is 15.4. The van der Waals surface area contributed by atoms with Crippen LogP contribution in [-0.2, 0) is 0 Å². The van der Waals surface area contributed by atoms with Crippen molar-refractivity contribution < 1.29 is 9.13 Å². The minimum absolute atomic E-state index is 0.285. The molecular weight excluding hydrogens is 319 g/mol. The first-order chi connectivity index (χ1) is 8.63. The summed E-state index contributed by atoms with van der Waals surface area (Å²) in [5, 5.41) is 0.541. The smallest absolute Gasteiger partial charge is 0.128 e. The van der Waals surface area contributed by atoms with Crippen molar-refractivity contribution in [3.8, 4) is 5.75 Å². The summed E-state index contributed by atoms with van der Waals surface area (Å²) in [7, 11) is 1.55. The van der Waals surface area contributed by atoms with E-state index in [2.05, 4.69) is 15.9 Å². The summed E-state index contributed by atoms with van der Waals surface area (Å²) in [6.45, 7) is 0. The molecule has 1 aliphatic rings. The Hall–Kier alpha value is -1.06. The van der Waals surface area contributed by atoms with Crippen LogP contribution >= 0.6 is 27.5 Å². The molecule has 0 saturated heterocycles. The molecule has 0 saturated carbocycles. The average Bonchev–Trinajstić information content (AvgIpc) is 2.50. The van der Waals surface area contributed by atoms with E-state index in [0.717, 1.165) is 0 Å². The van der Waals surface area contributed by atoms with Crippen molar-refractivity contribution in [2.24, 2.45) is 0 Å². The number of methoxy groups -OCH3 is 1. The maximum atomic E-state index is 14.1. The Balaban J connectivity index is 2.66. The van der Waals surface area contributed by atoms with E-state index < -0.39 is 0 Å². The van der Waals surface area contributed by atoms with Crippen molar-refractivity contribution in [1.82, 2.24) is 0 Å². The van der Waals surface area contributed by atoms with Gasteiger partial charge in [0.25, 0.3) is 0 Å². The minimum Gasteiger partial charge on any atom is -0.496 e. The van der Waals surface area contributed by atoms with Crippen molar-refractivity contribution in [1.29, 1.82) is 0 Å². The van der Waals surface area contributed by atoms with Crippen LogP contribution in [-0.4, -0.2) is 7.11 Å². The summed E-state index contributed by atoms with van der Waals surface area (Å²) in [6, 6.07) is 5.14. The Bertz CT molecular complexity index is 561. The van der Waals surface area contributed by atoms with Crippen LogP contribution in [0.3, 0.4) is 0 Å². The van der Waals surface area contributed by atoms with Gasteiger partial charge >= 0.3 is 0 Å². The molecule has 1 aliphatic carbocycles.